The summed E-state index contributed by atoms with van der Waals surface area (Å²) in [5.74, 6) is 0.193. The van der Waals surface area contributed by atoms with E-state index in [-0.39, 0.29) is 12.3 Å². The third-order valence-electron chi connectivity index (χ3n) is 3.30. The lowest BCUT2D eigenvalue weighted by Crippen LogP contribution is -2.34. The van der Waals surface area contributed by atoms with Crippen LogP contribution in [0.5, 0.6) is 5.75 Å². The minimum Gasteiger partial charge on any atom is -0.497 e. The fourth-order valence-electron chi connectivity index (χ4n) is 2.27. The third-order valence-corrected chi connectivity index (χ3v) is 5.26. The lowest BCUT2D eigenvalue weighted by Gasteiger charge is -2.19. The van der Waals surface area contributed by atoms with Gasteiger partial charge in [-0.25, -0.2) is 8.42 Å². The number of hydrogen-bond acceptors (Lipinski definition) is 6. The molecule has 0 spiro atoms. The minimum atomic E-state index is -4.09. The molecule has 0 amide bonds. The molecule has 21 heavy (non-hydrogen) atoms. The number of nitrogens with zero attached hydrogens (tertiary/aromatic N) is 3. The molecule has 1 aromatic rings. The summed E-state index contributed by atoms with van der Waals surface area (Å²) in [4.78, 5) is 9.91. The molecule has 1 aliphatic heterocycles. The zero-order chi connectivity index (χ0) is 15.6. The molecule has 0 bridgehead atoms. The van der Waals surface area contributed by atoms with Crippen LogP contribution < -0.4 is 4.74 Å². The monoisotopic (exact) mass is 311 g/mol. The van der Waals surface area contributed by atoms with E-state index in [4.69, 9.17) is 10.00 Å². The van der Waals surface area contributed by atoms with Gasteiger partial charge in [0.15, 0.2) is 4.90 Å². The van der Waals surface area contributed by atoms with Crippen molar-refractivity contribution in [1.82, 2.24) is 4.31 Å². The lowest BCUT2D eigenvalue weighted by molar-refractivity contribution is -0.387. The summed E-state index contributed by atoms with van der Waals surface area (Å²) in [5, 5.41) is 20.1. The maximum absolute atomic E-state index is 12.6. The van der Waals surface area contributed by atoms with Crippen molar-refractivity contribution in [2.45, 2.75) is 23.8 Å². The van der Waals surface area contributed by atoms with Gasteiger partial charge in [0.25, 0.3) is 15.7 Å². The Morgan fingerprint density at radius 1 is 1.52 bits per heavy atom. The van der Waals surface area contributed by atoms with Crippen LogP contribution in [0.3, 0.4) is 0 Å². The van der Waals surface area contributed by atoms with Crippen LogP contribution in [-0.2, 0) is 10.0 Å². The molecule has 1 saturated heterocycles. The Hall–Kier alpha value is -2.18. The van der Waals surface area contributed by atoms with Gasteiger partial charge < -0.3 is 4.74 Å². The van der Waals surface area contributed by atoms with Gasteiger partial charge in [-0.15, -0.1) is 0 Å². The minimum absolute atomic E-state index is 0.184. The van der Waals surface area contributed by atoms with Crippen molar-refractivity contribution in [2.24, 2.45) is 0 Å². The second-order valence-corrected chi connectivity index (χ2v) is 6.35. The number of rotatable bonds is 4. The van der Waals surface area contributed by atoms with Crippen molar-refractivity contribution < 1.29 is 18.1 Å². The Labute approximate surface area is 121 Å². The highest BCUT2D eigenvalue weighted by atomic mass is 32.2. The molecular weight excluding hydrogens is 298 g/mol. The van der Waals surface area contributed by atoms with E-state index in [1.165, 1.54) is 13.2 Å². The van der Waals surface area contributed by atoms with Crippen molar-refractivity contribution in [2.75, 3.05) is 13.7 Å². The Kier molecular flexibility index (Phi) is 4.11. The van der Waals surface area contributed by atoms with Crippen molar-refractivity contribution in [3.05, 3.63) is 28.3 Å². The lowest BCUT2D eigenvalue weighted by atomic mass is 10.2. The van der Waals surface area contributed by atoms with Crippen molar-refractivity contribution in [1.29, 1.82) is 5.26 Å². The Morgan fingerprint density at radius 3 is 2.81 bits per heavy atom. The zero-order valence-electron chi connectivity index (χ0n) is 11.2. The summed E-state index contributed by atoms with van der Waals surface area (Å²) in [5.41, 5.74) is -0.557. The predicted molar refractivity (Wildman–Crippen MR) is 72.2 cm³/mol. The van der Waals surface area contributed by atoms with Crippen molar-refractivity contribution >= 4 is 15.7 Å². The van der Waals surface area contributed by atoms with Crippen molar-refractivity contribution in [3.63, 3.8) is 0 Å². The van der Waals surface area contributed by atoms with E-state index in [1.54, 1.807) is 0 Å². The molecule has 112 valence electrons. The Bertz CT molecular complexity index is 710. The summed E-state index contributed by atoms with van der Waals surface area (Å²) in [6.45, 7) is 0.184. The molecule has 0 N–H and O–H groups in total. The summed E-state index contributed by atoms with van der Waals surface area (Å²) < 4.78 is 31.0. The molecule has 1 heterocycles. The molecule has 1 fully saturated rings. The first-order chi connectivity index (χ1) is 9.91. The van der Waals surface area contributed by atoms with Crippen LogP contribution in [0, 0.1) is 21.4 Å². The number of ether oxygens (including phenoxy) is 1. The molecule has 0 radical (unpaired) electrons. The third kappa shape index (κ3) is 2.68. The predicted octanol–water partition coefficient (Wildman–Crippen LogP) is 1.28. The molecule has 8 nitrogen and oxygen atoms in total. The first-order valence-electron chi connectivity index (χ1n) is 6.15. The molecule has 0 saturated carbocycles. The van der Waals surface area contributed by atoms with Crippen LogP contribution in [0.25, 0.3) is 0 Å². The Morgan fingerprint density at radius 2 is 2.24 bits per heavy atom. The molecule has 1 aliphatic rings. The molecule has 9 heteroatoms. The molecular formula is C12H13N3O5S. The van der Waals surface area contributed by atoms with Gasteiger partial charge in [0.2, 0.25) is 0 Å². The average Bonchev–Trinajstić information content (AvgIpc) is 2.95. The molecule has 1 unspecified atom stereocenters. The second-order valence-electron chi connectivity index (χ2n) is 4.49. The van der Waals surface area contributed by atoms with Crippen LogP contribution in [0.1, 0.15) is 12.8 Å². The van der Waals surface area contributed by atoms with E-state index in [0.717, 1.165) is 16.4 Å². The highest BCUT2D eigenvalue weighted by Gasteiger charge is 2.39. The average molecular weight is 311 g/mol. The SMILES string of the molecule is COc1ccc(S(=O)(=O)N2CCCC2C#N)c([N+](=O)[O-])c1. The van der Waals surface area contributed by atoms with Gasteiger partial charge in [-0.05, 0) is 25.0 Å². The number of methoxy groups -OCH3 is 1. The van der Waals surface area contributed by atoms with Gasteiger partial charge in [-0.2, -0.15) is 9.57 Å². The summed E-state index contributed by atoms with van der Waals surface area (Å²) >= 11 is 0. The smallest absolute Gasteiger partial charge is 0.293 e. The van der Waals surface area contributed by atoms with Crippen LogP contribution in [0.15, 0.2) is 23.1 Å². The normalized spacial score (nSPS) is 19.1. The van der Waals surface area contributed by atoms with E-state index in [1.807, 2.05) is 6.07 Å². The molecule has 1 atom stereocenters. The van der Waals surface area contributed by atoms with E-state index in [0.29, 0.717) is 12.8 Å². The first-order valence-corrected chi connectivity index (χ1v) is 7.59. The van der Waals surface area contributed by atoms with Gasteiger partial charge in [0.1, 0.15) is 11.8 Å². The van der Waals surface area contributed by atoms with Gasteiger partial charge in [0.05, 0.1) is 24.2 Å². The van der Waals surface area contributed by atoms with E-state index < -0.39 is 31.6 Å². The number of sulfonamides is 1. The number of nitro groups is 1. The maximum Gasteiger partial charge on any atom is 0.293 e. The summed E-state index contributed by atoms with van der Waals surface area (Å²) in [6.07, 6.45) is 0.987. The highest BCUT2D eigenvalue weighted by molar-refractivity contribution is 7.89. The maximum atomic E-state index is 12.6. The van der Waals surface area contributed by atoms with Gasteiger partial charge in [-0.3, -0.25) is 10.1 Å². The van der Waals surface area contributed by atoms with Gasteiger partial charge >= 0.3 is 0 Å². The number of nitro benzene ring substituents is 1. The van der Waals surface area contributed by atoms with Crippen LogP contribution in [0.2, 0.25) is 0 Å². The van der Waals surface area contributed by atoms with Crippen LogP contribution >= 0.6 is 0 Å². The van der Waals surface area contributed by atoms with E-state index in [2.05, 4.69) is 0 Å². The fraction of sp³-hybridized carbons (Fsp3) is 0.417. The molecule has 2 rings (SSSR count). The van der Waals surface area contributed by atoms with Crippen LogP contribution in [-0.4, -0.2) is 37.3 Å². The van der Waals surface area contributed by atoms with Crippen LogP contribution in [0.4, 0.5) is 5.69 Å². The quantitative estimate of drug-likeness (QED) is 0.611. The topological polar surface area (TPSA) is 114 Å². The number of nitriles is 1. The largest absolute Gasteiger partial charge is 0.497 e. The molecule has 0 aliphatic carbocycles. The van der Waals surface area contributed by atoms with Gasteiger partial charge in [-0.1, -0.05) is 0 Å². The molecule has 1 aromatic carbocycles. The number of benzene rings is 1. The zero-order valence-corrected chi connectivity index (χ0v) is 12.0. The Balaban J connectivity index is 2.55. The van der Waals surface area contributed by atoms with Gasteiger partial charge in [0, 0.05) is 6.54 Å². The highest BCUT2D eigenvalue weighted by Crippen LogP contribution is 2.33. The van der Waals surface area contributed by atoms with E-state index >= 15 is 0 Å². The number of hydrogen-bond donors (Lipinski definition) is 0. The van der Waals surface area contributed by atoms with Crippen molar-refractivity contribution in [3.8, 4) is 11.8 Å². The summed E-state index contributed by atoms with van der Waals surface area (Å²) in [7, 11) is -2.75. The first kappa shape index (κ1) is 15.2. The molecule has 0 aromatic heterocycles. The summed E-state index contributed by atoms with van der Waals surface area (Å²) in [6, 6.07) is 4.67. The fourth-order valence-corrected chi connectivity index (χ4v) is 4.02. The second kappa shape index (κ2) is 5.67. The van der Waals surface area contributed by atoms with E-state index in [9.17, 15) is 18.5 Å². The standard InChI is InChI=1S/C12H13N3O5S/c1-20-10-4-5-12(11(7-10)15(16)17)21(18,19)14-6-2-3-9(14)8-13/h4-5,7,9H,2-3,6H2,1H3.